The number of carbonyl (C=O) groups is 1. The van der Waals surface area contributed by atoms with Crippen LogP contribution < -0.4 is 0 Å². The molecule has 1 aliphatic heterocycles. The van der Waals surface area contributed by atoms with Gasteiger partial charge in [-0.3, -0.25) is 0 Å². The maximum absolute atomic E-state index is 11.6. The lowest BCUT2D eigenvalue weighted by Crippen LogP contribution is -2.30. The summed E-state index contributed by atoms with van der Waals surface area (Å²) in [5.41, 5.74) is 1.91. The van der Waals surface area contributed by atoms with Crippen molar-refractivity contribution in [3.63, 3.8) is 0 Å². The van der Waals surface area contributed by atoms with Crippen LogP contribution in [0.3, 0.4) is 0 Å². The van der Waals surface area contributed by atoms with Gasteiger partial charge >= 0.3 is 5.97 Å². The number of rotatable bonds is 0. The van der Waals surface area contributed by atoms with Crippen LogP contribution in [0.5, 0.6) is 0 Å². The number of aliphatic hydroxyl groups excluding tert-OH is 2. The third kappa shape index (κ3) is 2.80. The van der Waals surface area contributed by atoms with Crippen LogP contribution in [0.25, 0.3) is 0 Å². The Morgan fingerprint density at radius 1 is 1.37 bits per heavy atom. The molecule has 0 aromatic heterocycles. The topological polar surface area (TPSA) is 66.8 Å². The molecule has 0 aromatic carbocycles. The fourth-order valence-corrected chi connectivity index (χ4v) is 2.68. The molecule has 1 aliphatic carbocycles. The smallest absolute Gasteiger partial charge is 0.334 e. The number of esters is 1. The quantitative estimate of drug-likeness (QED) is 0.395. The Labute approximate surface area is 113 Å². The van der Waals surface area contributed by atoms with Crippen molar-refractivity contribution < 1.29 is 19.7 Å². The summed E-state index contributed by atoms with van der Waals surface area (Å²) in [5, 5.41) is 20.2. The van der Waals surface area contributed by atoms with Crippen LogP contribution in [0.2, 0.25) is 0 Å². The van der Waals surface area contributed by atoms with E-state index in [1.54, 1.807) is 6.08 Å². The molecular formula is C15H20O4. The van der Waals surface area contributed by atoms with Crippen LogP contribution in [-0.2, 0) is 9.53 Å². The van der Waals surface area contributed by atoms with Crippen molar-refractivity contribution in [2.24, 2.45) is 5.92 Å². The molecule has 2 N–H and O–H groups in total. The Kier molecular flexibility index (Phi) is 3.92. The van der Waals surface area contributed by atoms with Gasteiger partial charge in [0.1, 0.15) is 6.10 Å². The van der Waals surface area contributed by atoms with Gasteiger partial charge in [-0.15, -0.1) is 0 Å². The molecular weight excluding hydrogens is 244 g/mol. The standard InChI is InChI=1S/C15H20O4/c1-8-4-5-11(16)9(2)7-13-14(12(17)6-8)10(3)15(18)19-13/h6,11-14,16-17H,2-5,7H2,1H3/b8-6+/t11-,12-,13+,14-/m0/s1. The summed E-state index contributed by atoms with van der Waals surface area (Å²) in [6, 6.07) is 0. The Bertz CT molecular complexity index is 449. The number of aliphatic hydroxyl groups is 2. The molecule has 0 bridgehead atoms. The number of hydrogen-bond acceptors (Lipinski definition) is 4. The van der Waals surface area contributed by atoms with Crippen LogP contribution in [-0.4, -0.2) is 34.5 Å². The van der Waals surface area contributed by atoms with E-state index < -0.39 is 30.2 Å². The molecule has 2 rings (SSSR count). The molecule has 0 spiro atoms. The van der Waals surface area contributed by atoms with Gasteiger partial charge in [-0.05, 0) is 25.3 Å². The van der Waals surface area contributed by atoms with E-state index in [0.717, 1.165) is 5.57 Å². The molecule has 0 amide bonds. The van der Waals surface area contributed by atoms with Crippen molar-refractivity contribution in [2.75, 3.05) is 0 Å². The van der Waals surface area contributed by atoms with E-state index in [1.807, 2.05) is 6.92 Å². The van der Waals surface area contributed by atoms with Gasteiger partial charge in [-0.1, -0.05) is 24.8 Å². The van der Waals surface area contributed by atoms with Crippen LogP contribution in [0, 0.1) is 5.92 Å². The summed E-state index contributed by atoms with van der Waals surface area (Å²) >= 11 is 0. The summed E-state index contributed by atoms with van der Waals surface area (Å²) < 4.78 is 5.23. The molecule has 4 nitrogen and oxygen atoms in total. The highest BCUT2D eigenvalue weighted by Gasteiger charge is 2.42. The highest BCUT2D eigenvalue weighted by molar-refractivity contribution is 5.91. The second kappa shape index (κ2) is 5.31. The molecule has 1 heterocycles. The Morgan fingerprint density at radius 3 is 2.74 bits per heavy atom. The largest absolute Gasteiger partial charge is 0.458 e. The summed E-state index contributed by atoms with van der Waals surface area (Å²) in [6.45, 7) is 9.47. The van der Waals surface area contributed by atoms with Crippen LogP contribution in [0.4, 0.5) is 0 Å². The van der Waals surface area contributed by atoms with E-state index in [2.05, 4.69) is 13.2 Å². The van der Waals surface area contributed by atoms with E-state index in [0.29, 0.717) is 30.4 Å². The van der Waals surface area contributed by atoms with Gasteiger partial charge in [0.15, 0.2) is 0 Å². The lowest BCUT2D eigenvalue weighted by Gasteiger charge is -2.25. The zero-order valence-electron chi connectivity index (χ0n) is 11.1. The molecule has 19 heavy (non-hydrogen) atoms. The van der Waals surface area contributed by atoms with Gasteiger partial charge in [0.2, 0.25) is 0 Å². The maximum atomic E-state index is 11.6. The van der Waals surface area contributed by atoms with Gasteiger partial charge in [0.25, 0.3) is 0 Å². The third-order valence-corrected chi connectivity index (χ3v) is 3.89. The Hall–Kier alpha value is -1.39. The van der Waals surface area contributed by atoms with E-state index >= 15 is 0 Å². The number of allylic oxidation sites excluding steroid dienone is 1. The molecule has 1 saturated heterocycles. The minimum atomic E-state index is -0.785. The number of ether oxygens (including phenoxy) is 1. The highest BCUT2D eigenvalue weighted by Crippen LogP contribution is 2.35. The first kappa shape index (κ1) is 14.0. The SMILES string of the molecule is C=C1C(=O)O[C@@H]2CC(=C)[C@@H](O)CC/C(C)=C/[C@H](O)[C@H]12. The minimum absolute atomic E-state index is 0.296. The second-order valence-electron chi connectivity index (χ2n) is 5.42. The summed E-state index contributed by atoms with van der Waals surface area (Å²) in [6.07, 6.45) is 1.47. The average Bonchev–Trinajstić information content (AvgIpc) is 2.60. The molecule has 0 aromatic rings. The van der Waals surface area contributed by atoms with E-state index in [4.69, 9.17) is 4.74 Å². The lowest BCUT2D eigenvalue weighted by atomic mass is 9.84. The summed E-state index contributed by atoms with van der Waals surface area (Å²) in [5.74, 6) is -0.925. The maximum Gasteiger partial charge on any atom is 0.334 e. The number of fused-ring (bicyclic) bond motifs is 1. The van der Waals surface area contributed by atoms with E-state index in [-0.39, 0.29) is 0 Å². The highest BCUT2D eigenvalue weighted by atomic mass is 16.6. The van der Waals surface area contributed by atoms with Crippen LogP contribution >= 0.6 is 0 Å². The molecule has 0 unspecified atom stereocenters. The second-order valence-corrected chi connectivity index (χ2v) is 5.42. The van der Waals surface area contributed by atoms with Gasteiger partial charge in [0, 0.05) is 12.0 Å². The first-order chi connectivity index (χ1) is 8.90. The minimum Gasteiger partial charge on any atom is -0.458 e. The lowest BCUT2D eigenvalue weighted by molar-refractivity contribution is -0.139. The van der Waals surface area contributed by atoms with Gasteiger partial charge in [0.05, 0.1) is 18.1 Å². The molecule has 0 saturated carbocycles. The molecule has 2 aliphatic rings. The predicted molar refractivity (Wildman–Crippen MR) is 71.3 cm³/mol. The molecule has 4 atom stereocenters. The van der Waals surface area contributed by atoms with Crippen LogP contribution in [0.15, 0.2) is 36.0 Å². The van der Waals surface area contributed by atoms with Crippen molar-refractivity contribution in [1.82, 2.24) is 0 Å². The van der Waals surface area contributed by atoms with E-state index in [1.165, 1.54) is 0 Å². The van der Waals surface area contributed by atoms with Gasteiger partial charge in [-0.25, -0.2) is 4.79 Å². The van der Waals surface area contributed by atoms with Crippen molar-refractivity contribution in [1.29, 1.82) is 0 Å². The zero-order valence-corrected chi connectivity index (χ0v) is 11.1. The summed E-state index contributed by atoms with van der Waals surface area (Å²) in [7, 11) is 0. The van der Waals surface area contributed by atoms with Crippen molar-refractivity contribution in [2.45, 2.75) is 44.5 Å². The molecule has 1 fully saturated rings. The fraction of sp³-hybridized carbons (Fsp3) is 0.533. The molecule has 0 radical (unpaired) electrons. The predicted octanol–water partition coefficient (Wildman–Crippen LogP) is 1.49. The molecule has 4 heteroatoms. The Balaban J connectivity index is 2.33. The fourth-order valence-electron chi connectivity index (χ4n) is 2.68. The van der Waals surface area contributed by atoms with Crippen molar-refractivity contribution in [3.05, 3.63) is 36.0 Å². The number of carbonyl (C=O) groups excluding carboxylic acids is 1. The zero-order chi connectivity index (χ0) is 14.2. The summed E-state index contributed by atoms with van der Waals surface area (Å²) in [4.78, 5) is 11.6. The van der Waals surface area contributed by atoms with Crippen molar-refractivity contribution >= 4 is 5.97 Å². The van der Waals surface area contributed by atoms with Gasteiger partial charge < -0.3 is 14.9 Å². The van der Waals surface area contributed by atoms with E-state index in [9.17, 15) is 15.0 Å². The normalized spacial score (nSPS) is 39.3. The number of hydrogen-bond donors (Lipinski definition) is 2. The average molecular weight is 264 g/mol. The molecule has 104 valence electrons. The third-order valence-electron chi connectivity index (χ3n) is 3.89. The van der Waals surface area contributed by atoms with Gasteiger partial charge in [-0.2, -0.15) is 0 Å². The Morgan fingerprint density at radius 2 is 2.05 bits per heavy atom. The first-order valence-electron chi connectivity index (χ1n) is 6.51. The van der Waals surface area contributed by atoms with Crippen LogP contribution in [0.1, 0.15) is 26.2 Å². The monoisotopic (exact) mass is 264 g/mol. The first-order valence-corrected chi connectivity index (χ1v) is 6.51. The van der Waals surface area contributed by atoms with Crippen molar-refractivity contribution in [3.8, 4) is 0 Å².